The summed E-state index contributed by atoms with van der Waals surface area (Å²) in [4.78, 5) is 23.0. The summed E-state index contributed by atoms with van der Waals surface area (Å²) >= 11 is 1.50. The van der Waals surface area contributed by atoms with Gasteiger partial charge in [0, 0.05) is 41.6 Å². The molecule has 1 amide bonds. The van der Waals surface area contributed by atoms with E-state index in [-0.39, 0.29) is 5.91 Å². The minimum atomic E-state index is 0.0677. The molecule has 0 unspecified atom stereocenters. The van der Waals surface area contributed by atoms with Crippen LogP contribution in [0.25, 0.3) is 21.1 Å². The molecule has 2 N–H and O–H groups in total. The van der Waals surface area contributed by atoms with Crippen molar-refractivity contribution in [2.24, 2.45) is 0 Å². The molecule has 3 heterocycles. The van der Waals surface area contributed by atoms with Crippen LogP contribution in [0.1, 0.15) is 29.2 Å². The van der Waals surface area contributed by atoms with E-state index in [0.717, 1.165) is 37.7 Å². The van der Waals surface area contributed by atoms with E-state index < -0.39 is 0 Å². The average molecular weight is 379 g/mol. The number of rotatable bonds is 5. The van der Waals surface area contributed by atoms with Crippen molar-refractivity contribution in [3.63, 3.8) is 0 Å². The Kier molecular flexibility index (Phi) is 4.58. The molecule has 27 heavy (non-hydrogen) atoms. The first-order valence-electron chi connectivity index (χ1n) is 9.13. The highest BCUT2D eigenvalue weighted by molar-refractivity contribution is 7.21. The Labute approximate surface area is 162 Å². The normalized spacial score (nSPS) is 11.2. The SMILES string of the molecule is CCN(CC)C(=O)c1cc2nccc(Nc3ccc4[nH]c(C)cc4c3)c2s1. The van der Waals surface area contributed by atoms with Crippen molar-refractivity contribution in [1.82, 2.24) is 14.9 Å². The smallest absolute Gasteiger partial charge is 0.264 e. The molecule has 0 bridgehead atoms. The van der Waals surface area contributed by atoms with E-state index >= 15 is 0 Å². The monoisotopic (exact) mass is 378 g/mol. The molecule has 0 aliphatic rings. The lowest BCUT2D eigenvalue weighted by molar-refractivity contribution is 0.0778. The van der Waals surface area contributed by atoms with Gasteiger partial charge < -0.3 is 15.2 Å². The van der Waals surface area contributed by atoms with Crippen LogP contribution in [0.3, 0.4) is 0 Å². The maximum absolute atomic E-state index is 12.7. The summed E-state index contributed by atoms with van der Waals surface area (Å²) in [6.07, 6.45) is 1.78. The number of aromatic nitrogens is 2. The molecule has 3 aromatic heterocycles. The highest BCUT2D eigenvalue weighted by Gasteiger charge is 2.17. The van der Waals surface area contributed by atoms with Crippen molar-refractivity contribution < 1.29 is 4.79 Å². The third kappa shape index (κ3) is 3.28. The van der Waals surface area contributed by atoms with Gasteiger partial charge in [0.05, 0.1) is 20.8 Å². The van der Waals surface area contributed by atoms with Crippen LogP contribution >= 0.6 is 11.3 Å². The quantitative estimate of drug-likeness (QED) is 0.495. The zero-order valence-electron chi connectivity index (χ0n) is 15.7. The molecular weight excluding hydrogens is 356 g/mol. The molecule has 1 aromatic carbocycles. The van der Waals surface area contributed by atoms with Gasteiger partial charge in [-0.15, -0.1) is 11.3 Å². The Morgan fingerprint density at radius 2 is 2.00 bits per heavy atom. The van der Waals surface area contributed by atoms with Crippen LogP contribution in [-0.4, -0.2) is 33.9 Å². The van der Waals surface area contributed by atoms with Crippen molar-refractivity contribution in [3.8, 4) is 0 Å². The Bertz CT molecular complexity index is 1120. The maximum Gasteiger partial charge on any atom is 0.264 e. The number of H-pyrrole nitrogens is 1. The number of pyridine rings is 1. The van der Waals surface area contributed by atoms with Crippen molar-refractivity contribution >= 4 is 49.7 Å². The number of aryl methyl sites for hydroxylation is 1. The molecule has 0 spiro atoms. The summed E-state index contributed by atoms with van der Waals surface area (Å²) in [5.74, 6) is 0.0677. The van der Waals surface area contributed by atoms with E-state index in [1.54, 1.807) is 6.20 Å². The Morgan fingerprint density at radius 3 is 2.78 bits per heavy atom. The predicted molar refractivity (Wildman–Crippen MR) is 113 cm³/mol. The van der Waals surface area contributed by atoms with Crippen molar-refractivity contribution in [1.29, 1.82) is 0 Å². The zero-order chi connectivity index (χ0) is 19.0. The van der Waals surface area contributed by atoms with E-state index in [0.29, 0.717) is 13.1 Å². The van der Waals surface area contributed by atoms with Crippen molar-refractivity contribution in [2.75, 3.05) is 18.4 Å². The number of carbonyl (C=O) groups is 1. The molecule has 138 valence electrons. The Hall–Kier alpha value is -2.86. The Morgan fingerprint density at radius 1 is 1.19 bits per heavy atom. The topological polar surface area (TPSA) is 61.0 Å². The molecule has 0 fully saturated rings. The summed E-state index contributed by atoms with van der Waals surface area (Å²) in [6, 6.07) is 12.2. The first-order valence-corrected chi connectivity index (χ1v) is 9.95. The van der Waals surface area contributed by atoms with Crippen LogP contribution in [0.2, 0.25) is 0 Å². The molecule has 0 aliphatic heterocycles. The highest BCUT2D eigenvalue weighted by Crippen LogP contribution is 2.33. The largest absolute Gasteiger partial charge is 0.359 e. The number of nitrogens with zero attached hydrogens (tertiary/aromatic N) is 2. The number of amides is 1. The first kappa shape index (κ1) is 17.5. The fraction of sp³-hybridized carbons (Fsp3) is 0.238. The molecule has 0 radical (unpaired) electrons. The molecule has 0 aliphatic carbocycles. The van der Waals surface area contributed by atoms with E-state index in [9.17, 15) is 4.79 Å². The summed E-state index contributed by atoms with van der Waals surface area (Å²) in [5, 5.41) is 4.66. The second-order valence-corrected chi connectivity index (χ2v) is 7.59. The molecule has 4 aromatic rings. The van der Waals surface area contributed by atoms with E-state index in [1.165, 1.54) is 16.7 Å². The number of nitrogens with one attached hydrogen (secondary N) is 2. The lowest BCUT2D eigenvalue weighted by Crippen LogP contribution is -2.29. The van der Waals surface area contributed by atoms with Crippen LogP contribution < -0.4 is 5.32 Å². The lowest BCUT2D eigenvalue weighted by Gasteiger charge is -2.17. The fourth-order valence-corrected chi connectivity index (χ4v) is 4.37. The summed E-state index contributed by atoms with van der Waals surface area (Å²) in [6.45, 7) is 7.47. The van der Waals surface area contributed by atoms with Gasteiger partial charge in [-0.1, -0.05) is 0 Å². The zero-order valence-corrected chi connectivity index (χ0v) is 16.5. The van der Waals surface area contributed by atoms with Gasteiger partial charge in [0.1, 0.15) is 0 Å². The third-order valence-electron chi connectivity index (χ3n) is 4.71. The van der Waals surface area contributed by atoms with Crippen molar-refractivity contribution in [2.45, 2.75) is 20.8 Å². The van der Waals surface area contributed by atoms with Gasteiger partial charge in [0.2, 0.25) is 0 Å². The maximum atomic E-state index is 12.7. The van der Waals surface area contributed by atoms with Crippen LogP contribution in [-0.2, 0) is 0 Å². The second kappa shape index (κ2) is 7.04. The van der Waals surface area contributed by atoms with Gasteiger partial charge in [-0.25, -0.2) is 0 Å². The van der Waals surface area contributed by atoms with Crippen LogP contribution in [0.5, 0.6) is 0 Å². The molecule has 0 saturated carbocycles. The molecule has 0 saturated heterocycles. The second-order valence-electron chi connectivity index (χ2n) is 6.54. The molecular formula is C21H22N4OS. The average Bonchev–Trinajstić information content (AvgIpc) is 3.25. The number of hydrogen-bond donors (Lipinski definition) is 2. The molecule has 5 nitrogen and oxygen atoms in total. The Balaban J connectivity index is 1.69. The lowest BCUT2D eigenvalue weighted by atomic mass is 10.2. The van der Waals surface area contributed by atoms with E-state index in [4.69, 9.17) is 0 Å². The third-order valence-corrected chi connectivity index (χ3v) is 5.85. The summed E-state index contributed by atoms with van der Waals surface area (Å²) in [5.41, 5.74) is 5.10. The minimum Gasteiger partial charge on any atom is -0.359 e. The van der Waals surface area contributed by atoms with Crippen molar-refractivity contribution in [3.05, 3.63) is 53.2 Å². The van der Waals surface area contributed by atoms with Crippen LogP contribution in [0.4, 0.5) is 11.4 Å². The number of carbonyl (C=O) groups excluding carboxylic acids is 1. The van der Waals surface area contributed by atoms with E-state index in [1.807, 2.05) is 30.9 Å². The van der Waals surface area contributed by atoms with Gasteiger partial charge in [-0.05, 0) is 57.2 Å². The first-order chi connectivity index (χ1) is 13.1. The standard InChI is InChI=1S/C21H22N4OS/c1-4-25(5-2)21(26)19-12-18-20(27-19)17(8-9-22-18)24-15-6-7-16-14(11-15)10-13(3)23-16/h6-12,23H,4-5H2,1-3H3,(H,22,24). The van der Waals surface area contributed by atoms with Gasteiger partial charge >= 0.3 is 0 Å². The number of aromatic amines is 1. The number of thiophene rings is 1. The number of fused-ring (bicyclic) bond motifs is 2. The van der Waals surface area contributed by atoms with Gasteiger partial charge in [0.25, 0.3) is 5.91 Å². The summed E-state index contributed by atoms with van der Waals surface area (Å²) < 4.78 is 0.998. The van der Waals surface area contributed by atoms with Crippen LogP contribution in [0, 0.1) is 6.92 Å². The fourth-order valence-electron chi connectivity index (χ4n) is 3.32. The van der Waals surface area contributed by atoms with Gasteiger partial charge in [-0.3, -0.25) is 9.78 Å². The van der Waals surface area contributed by atoms with Gasteiger partial charge in [-0.2, -0.15) is 0 Å². The number of anilines is 2. The molecule has 6 heteroatoms. The van der Waals surface area contributed by atoms with Crippen LogP contribution in [0.15, 0.2) is 42.6 Å². The van der Waals surface area contributed by atoms with E-state index in [2.05, 4.69) is 46.5 Å². The highest BCUT2D eigenvalue weighted by atomic mass is 32.1. The molecule has 0 atom stereocenters. The number of hydrogen-bond acceptors (Lipinski definition) is 4. The minimum absolute atomic E-state index is 0.0677. The van der Waals surface area contributed by atoms with Gasteiger partial charge in [0.15, 0.2) is 0 Å². The summed E-state index contributed by atoms with van der Waals surface area (Å²) in [7, 11) is 0. The predicted octanol–water partition coefficient (Wildman–Crippen LogP) is 5.31. The number of benzene rings is 1. The molecule has 4 rings (SSSR count).